The lowest BCUT2D eigenvalue weighted by molar-refractivity contribution is -0.221. The van der Waals surface area contributed by atoms with Crippen molar-refractivity contribution in [1.82, 2.24) is 0 Å². The molecule has 16 heavy (non-hydrogen) atoms. The van der Waals surface area contributed by atoms with Crippen molar-refractivity contribution >= 4 is 0 Å². The van der Waals surface area contributed by atoms with Crippen LogP contribution in [0.25, 0.3) is 0 Å². The first-order chi connectivity index (χ1) is 7.71. The molecule has 2 unspecified atom stereocenters. The van der Waals surface area contributed by atoms with Gasteiger partial charge in [0.1, 0.15) is 0 Å². The van der Waals surface area contributed by atoms with Crippen LogP contribution in [0.5, 0.6) is 0 Å². The Morgan fingerprint density at radius 1 is 1.25 bits per heavy atom. The van der Waals surface area contributed by atoms with Crippen molar-refractivity contribution in [3.63, 3.8) is 0 Å². The summed E-state index contributed by atoms with van der Waals surface area (Å²) in [5.41, 5.74) is 0.949. The Bertz CT molecular complexity index is 345. The maximum atomic E-state index is 5.59. The molecule has 0 spiro atoms. The molecule has 0 heterocycles. The molecule has 2 atom stereocenters. The van der Waals surface area contributed by atoms with Crippen LogP contribution < -0.4 is 0 Å². The quantitative estimate of drug-likeness (QED) is 0.413. The number of hydrogen-bond acceptors (Lipinski definition) is 2. The van der Waals surface area contributed by atoms with Gasteiger partial charge in [0.25, 0.3) is 0 Å². The fourth-order valence-electron chi connectivity index (χ4n) is 1.74. The summed E-state index contributed by atoms with van der Waals surface area (Å²) in [5, 5.41) is 0. The second kappa shape index (κ2) is 5.52. The predicted octanol–water partition coefficient (Wildman–Crippen LogP) is 3.47. The van der Waals surface area contributed by atoms with Gasteiger partial charge in [-0.05, 0) is 0 Å². The number of methoxy groups -OCH3 is 1. The second-order valence-corrected chi connectivity index (χ2v) is 3.55. The van der Waals surface area contributed by atoms with Gasteiger partial charge in [0.15, 0.2) is 0 Å². The zero-order valence-corrected chi connectivity index (χ0v) is 9.85. The fourth-order valence-corrected chi connectivity index (χ4v) is 1.74. The van der Waals surface area contributed by atoms with E-state index in [0.29, 0.717) is 0 Å². The van der Waals surface area contributed by atoms with Crippen LogP contribution in [0.2, 0.25) is 0 Å². The van der Waals surface area contributed by atoms with Gasteiger partial charge in [-0.25, -0.2) is 0 Å². The lowest BCUT2D eigenvalue weighted by Crippen LogP contribution is -2.36. The van der Waals surface area contributed by atoms with E-state index in [9.17, 15) is 0 Å². The lowest BCUT2D eigenvalue weighted by atomic mass is 9.93. The Labute approximate surface area is 97.2 Å². The molecule has 0 aliphatic carbocycles. The zero-order valence-electron chi connectivity index (χ0n) is 9.85. The summed E-state index contributed by atoms with van der Waals surface area (Å²) < 4.78 is 11.1. The highest BCUT2D eigenvalue weighted by Gasteiger charge is 2.38. The maximum absolute atomic E-state index is 5.59. The molecule has 0 amide bonds. The summed E-state index contributed by atoms with van der Waals surface area (Å²) in [7, 11) is 1.62. The van der Waals surface area contributed by atoms with Crippen LogP contribution in [0.3, 0.4) is 0 Å². The van der Waals surface area contributed by atoms with Gasteiger partial charge in [0.05, 0.1) is 6.26 Å². The smallest absolute Gasteiger partial charge is 0.242 e. The summed E-state index contributed by atoms with van der Waals surface area (Å²) in [4.78, 5) is 0. The third kappa shape index (κ3) is 2.17. The Balaban J connectivity index is 3.21. The Morgan fingerprint density at radius 3 is 2.31 bits per heavy atom. The Morgan fingerprint density at radius 2 is 1.88 bits per heavy atom. The van der Waals surface area contributed by atoms with Crippen LogP contribution in [0.1, 0.15) is 12.5 Å². The van der Waals surface area contributed by atoms with E-state index < -0.39 is 5.79 Å². The molecule has 0 aliphatic rings. The first kappa shape index (κ1) is 12.5. The SMILES string of the molecule is C=COC(OC)(c1ccccc1)C(C)C=C. The van der Waals surface area contributed by atoms with E-state index in [1.54, 1.807) is 13.2 Å². The minimum atomic E-state index is -0.842. The van der Waals surface area contributed by atoms with E-state index in [1.165, 1.54) is 6.26 Å². The van der Waals surface area contributed by atoms with Crippen molar-refractivity contribution in [3.8, 4) is 0 Å². The molecule has 0 aliphatic heterocycles. The molecule has 0 radical (unpaired) electrons. The minimum absolute atomic E-state index is 0.0119. The van der Waals surface area contributed by atoms with Crippen LogP contribution >= 0.6 is 0 Å². The van der Waals surface area contributed by atoms with Gasteiger partial charge in [-0.3, -0.25) is 0 Å². The van der Waals surface area contributed by atoms with Gasteiger partial charge in [-0.1, -0.05) is 49.9 Å². The maximum Gasteiger partial charge on any atom is 0.242 e. The van der Waals surface area contributed by atoms with E-state index >= 15 is 0 Å². The molecular weight excluding hydrogens is 200 g/mol. The minimum Gasteiger partial charge on any atom is -0.466 e. The van der Waals surface area contributed by atoms with Crippen molar-refractivity contribution in [2.45, 2.75) is 12.7 Å². The third-order valence-electron chi connectivity index (χ3n) is 2.69. The molecule has 0 bridgehead atoms. The van der Waals surface area contributed by atoms with E-state index in [2.05, 4.69) is 13.2 Å². The predicted molar refractivity (Wildman–Crippen MR) is 65.8 cm³/mol. The summed E-state index contributed by atoms with van der Waals surface area (Å²) >= 11 is 0. The normalized spacial score (nSPS) is 15.9. The molecular formula is C14H18O2. The standard InChI is InChI=1S/C14H18O2/c1-5-12(3)14(15-4,16-6-2)13-10-8-7-9-11-13/h5-12H,1-2H2,3-4H3. The lowest BCUT2D eigenvalue weighted by Gasteiger charge is -2.35. The van der Waals surface area contributed by atoms with Crippen LogP contribution in [-0.4, -0.2) is 7.11 Å². The monoisotopic (exact) mass is 218 g/mol. The topological polar surface area (TPSA) is 18.5 Å². The van der Waals surface area contributed by atoms with E-state index in [1.807, 2.05) is 37.3 Å². The van der Waals surface area contributed by atoms with Crippen molar-refractivity contribution < 1.29 is 9.47 Å². The van der Waals surface area contributed by atoms with Gasteiger partial charge in [-0.2, -0.15) is 0 Å². The number of benzene rings is 1. The van der Waals surface area contributed by atoms with Crippen LogP contribution in [-0.2, 0) is 15.3 Å². The van der Waals surface area contributed by atoms with Crippen molar-refractivity contribution in [3.05, 3.63) is 61.4 Å². The summed E-state index contributed by atoms with van der Waals surface area (Å²) in [6.45, 7) is 9.38. The summed E-state index contributed by atoms with van der Waals surface area (Å²) in [5.74, 6) is -0.831. The van der Waals surface area contributed by atoms with Gasteiger partial charge >= 0.3 is 0 Å². The Kier molecular flexibility index (Phi) is 4.32. The second-order valence-electron chi connectivity index (χ2n) is 3.55. The first-order valence-corrected chi connectivity index (χ1v) is 5.23. The van der Waals surface area contributed by atoms with Crippen LogP contribution in [0.4, 0.5) is 0 Å². The molecule has 0 N–H and O–H groups in total. The first-order valence-electron chi connectivity index (χ1n) is 5.23. The molecule has 0 saturated heterocycles. The van der Waals surface area contributed by atoms with Crippen molar-refractivity contribution in [1.29, 1.82) is 0 Å². The van der Waals surface area contributed by atoms with E-state index in [0.717, 1.165) is 5.56 Å². The van der Waals surface area contributed by atoms with E-state index in [-0.39, 0.29) is 5.92 Å². The largest absolute Gasteiger partial charge is 0.466 e. The summed E-state index contributed by atoms with van der Waals surface area (Å²) in [6.07, 6.45) is 3.20. The number of rotatable bonds is 6. The van der Waals surface area contributed by atoms with Crippen LogP contribution in [0.15, 0.2) is 55.8 Å². The molecule has 1 aromatic carbocycles. The van der Waals surface area contributed by atoms with Gasteiger partial charge in [0.2, 0.25) is 5.79 Å². The molecule has 0 saturated carbocycles. The van der Waals surface area contributed by atoms with Gasteiger partial charge in [0, 0.05) is 18.6 Å². The highest BCUT2D eigenvalue weighted by Crippen LogP contribution is 2.35. The average molecular weight is 218 g/mol. The van der Waals surface area contributed by atoms with Crippen molar-refractivity contribution in [2.75, 3.05) is 7.11 Å². The molecule has 1 aromatic rings. The molecule has 1 rings (SSSR count). The number of hydrogen-bond donors (Lipinski definition) is 0. The van der Waals surface area contributed by atoms with Gasteiger partial charge < -0.3 is 9.47 Å². The number of ether oxygens (including phenoxy) is 2. The molecule has 0 aromatic heterocycles. The van der Waals surface area contributed by atoms with E-state index in [4.69, 9.17) is 9.47 Å². The summed E-state index contributed by atoms with van der Waals surface area (Å²) in [6, 6.07) is 9.78. The van der Waals surface area contributed by atoms with Gasteiger partial charge in [-0.15, -0.1) is 6.58 Å². The molecule has 86 valence electrons. The molecule has 2 nitrogen and oxygen atoms in total. The zero-order chi connectivity index (χ0) is 12.0. The molecule has 0 fully saturated rings. The highest BCUT2D eigenvalue weighted by molar-refractivity contribution is 5.22. The molecule has 2 heteroatoms. The fraction of sp³-hybridized carbons (Fsp3) is 0.286. The third-order valence-corrected chi connectivity index (χ3v) is 2.69. The van der Waals surface area contributed by atoms with Crippen LogP contribution in [0, 0.1) is 5.92 Å². The Hall–Kier alpha value is -1.54. The highest BCUT2D eigenvalue weighted by atomic mass is 16.7. The van der Waals surface area contributed by atoms with Crippen molar-refractivity contribution in [2.24, 2.45) is 5.92 Å². The average Bonchev–Trinajstić information content (AvgIpc) is 2.36.